The molecule has 1 saturated carbocycles. The molecule has 0 atom stereocenters. The van der Waals surface area contributed by atoms with Gasteiger partial charge in [0, 0.05) is 18.0 Å². The van der Waals surface area contributed by atoms with E-state index in [9.17, 15) is 26.7 Å². The molecular formula is C17H13F5N4O. The van der Waals surface area contributed by atoms with Crippen LogP contribution >= 0.6 is 0 Å². The van der Waals surface area contributed by atoms with E-state index in [-0.39, 0.29) is 22.8 Å². The Hall–Kier alpha value is -3.17. The Bertz CT molecular complexity index is 922. The fourth-order valence-electron chi connectivity index (χ4n) is 2.30. The Morgan fingerprint density at radius 1 is 1.22 bits per heavy atom. The third-order valence-corrected chi connectivity index (χ3v) is 3.78. The van der Waals surface area contributed by atoms with Crippen molar-refractivity contribution in [3.05, 3.63) is 64.6 Å². The first-order valence-corrected chi connectivity index (χ1v) is 7.74. The number of hydrogen-bond acceptors (Lipinski definition) is 4. The van der Waals surface area contributed by atoms with Gasteiger partial charge in [0.05, 0.1) is 11.3 Å². The zero-order valence-electron chi connectivity index (χ0n) is 13.6. The number of allylic oxidation sites excluding steroid dienone is 3. The minimum Gasteiger partial charge on any atom is -0.404 e. The summed E-state index contributed by atoms with van der Waals surface area (Å²) in [6.45, 7) is 0. The van der Waals surface area contributed by atoms with Crippen LogP contribution in [0.4, 0.5) is 27.6 Å². The second kappa shape index (κ2) is 6.86. The van der Waals surface area contributed by atoms with Crippen molar-refractivity contribution in [2.75, 3.05) is 5.32 Å². The summed E-state index contributed by atoms with van der Waals surface area (Å²) in [6, 6.07) is 2.63. The molecular weight excluding hydrogens is 371 g/mol. The standard InChI is InChI=1S/C17H13F5N4O/c18-11-4-3-9(5-12(11)19)24-16(27)10(7-23)15-25-13(8-1-2-8)6-14(26-15)17(20,21)22/h3-7H,1-2,23H2,(H,24,27)(H,25,26). The molecule has 1 amide bonds. The van der Waals surface area contributed by atoms with Gasteiger partial charge in [0.1, 0.15) is 11.5 Å². The first kappa shape index (κ1) is 18.6. The molecule has 2 aliphatic rings. The fraction of sp³-hybridized carbons (Fsp3) is 0.176. The summed E-state index contributed by atoms with van der Waals surface area (Å²) in [4.78, 5) is 16.4. The summed E-state index contributed by atoms with van der Waals surface area (Å²) in [5.74, 6) is -3.62. The summed E-state index contributed by atoms with van der Waals surface area (Å²) >= 11 is 0. The van der Waals surface area contributed by atoms with Crippen LogP contribution in [0.5, 0.6) is 0 Å². The lowest BCUT2D eigenvalue weighted by atomic mass is 10.1. The van der Waals surface area contributed by atoms with E-state index >= 15 is 0 Å². The van der Waals surface area contributed by atoms with Gasteiger partial charge in [-0.15, -0.1) is 0 Å². The fourth-order valence-corrected chi connectivity index (χ4v) is 2.30. The number of carbonyl (C=O) groups is 1. The second-order valence-electron chi connectivity index (χ2n) is 5.79. The Labute approximate surface area is 150 Å². The van der Waals surface area contributed by atoms with Gasteiger partial charge in [-0.05, 0) is 36.6 Å². The number of nitrogens with one attached hydrogen (secondary N) is 2. The normalized spacial score (nSPS) is 17.1. The van der Waals surface area contributed by atoms with Crippen LogP contribution in [0.15, 0.2) is 58.0 Å². The van der Waals surface area contributed by atoms with Crippen molar-refractivity contribution in [2.24, 2.45) is 10.7 Å². The maximum Gasteiger partial charge on any atom is 0.431 e. The first-order valence-electron chi connectivity index (χ1n) is 7.74. The molecule has 0 spiro atoms. The molecule has 10 heteroatoms. The van der Waals surface area contributed by atoms with E-state index in [2.05, 4.69) is 15.6 Å². The van der Waals surface area contributed by atoms with E-state index in [1.54, 1.807) is 0 Å². The zero-order chi connectivity index (χ0) is 19.8. The lowest BCUT2D eigenvalue weighted by Crippen LogP contribution is -2.38. The maximum atomic E-state index is 13.3. The van der Waals surface area contributed by atoms with Crippen molar-refractivity contribution >= 4 is 17.4 Å². The molecule has 0 radical (unpaired) electrons. The van der Waals surface area contributed by atoms with Crippen LogP contribution < -0.4 is 16.4 Å². The van der Waals surface area contributed by atoms with Gasteiger partial charge in [0.25, 0.3) is 5.91 Å². The number of anilines is 1. The lowest BCUT2D eigenvalue weighted by molar-refractivity contribution is -0.112. The van der Waals surface area contributed by atoms with Crippen molar-refractivity contribution in [3.8, 4) is 0 Å². The van der Waals surface area contributed by atoms with Gasteiger partial charge >= 0.3 is 6.18 Å². The van der Waals surface area contributed by atoms with Gasteiger partial charge in [0.2, 0.25) is 0 Å². The molecule has 1 aromatic rings. The number of halogens is 5. The van der Waals surface area contributed by atoms with E-state index in [1.807, 2.05) is 0 Å². The van der Waals surface area contributed by atoms with Crippen molar-refractivity contribution < 1.29 is 26.7 Å². The number of benzene rings is 1. The van der Waals surface area contributed by atoms with Crippen LogP contribution in [0, 0.1) is 11.6 Å². The van der Waals surface area contributed by atoms with Crippen LogP contribution in [0.25, 0.3) is 0 Å². The summed E-state index contributed by atoms with van der Waals surface area (Å²) in [5.41, 5.74) is 4.70. The van der Waals surface area contributed by atoms with Gasteiger partial charge < -0.3 is 16.4 Å². The van der Waals surface area contributed by atoms with Gasteiger partial charge in [0.15, 0.2) is 11.6 Å². The predicted molar refractivity (Wildman–Crippen MR) is 88.2 cm³/mol. The highest BCUT2D eigenvalue weighted by Crippen LogP contribution is 2.36. The van der Waals surface area contributed by atoms with Crippen LogP contribution in [0.2, 0.25) is 0 Å². The van der Waals surface area contributed by atoms with Crippen molar-refractivity contribution in [2.45, 2.75) is 19.0 Å². The zero-order valence-corrected chi connectivity index (χ0v) is 13.6. The smallest absolute Gasteiger partial charge is 0.404 e. The third-order valence-electron chi connectivity index (χ3n) is 3.78. The molecule has 5 nitrogen and oxygen atoms in total. The minimum atomic E-state index is -4.68. The molecule has 0 bridgehead atoms. The first-order chi connectivity index (χ1) is 12.7. The predicted octanol–water partition coefficient (Wildman–Crippen LogP) is 3.24. The number of nitrogens with zero attached hydrogens (tertiary/aromatic N) is 1. The number of nitrogens with two attached hydrogens (primary N) is 1. The quantitative estimate of drug-likeness (QED) is 0.553. The van der Waals surface area contributed by atoms with Crippen LogP contribution in [-0.2, 0) is 4.79 Å². The monoisotopic (exact) mass is 384 g/mol. The third kappa shape index (κ3) is 4.15. The molecule has 1 aliphatic heterocycles. The summed E-state index contributed by atoms with van der Waals surface area (Å²) < 4.78 is 65.6. The summed E-state index contributed by atoms with van der Waals surface area (Å²) in [6.07, 6.45) is -1.78. The van der Waals surface area contributed by atoms with Gasteiger partial charge in [-0.3, -0.25) is 4.79 Å². The van der Waals surface area contributed by atoms with Crippen LogP contribution in [0.3, 0.4) is 0 Å². The van der Waals surface area contributed by atoms with Crippen molar-refractivity contribution in [1.82, 2.24) is 5.32 Å². The van der Waals surface area contributed by atoms with Gasteiger partial charge in [-0.1, -0.05) is 0 Å². The Kier molecular flexibility index (Phi) is 4.73. The molecule has 1 fully saturated rings. The topological polar surface area (TPSA) is 79.5 Å². The highest BCUT2D eigenvalue weighted by Gasteiger charge is 2.38. The molecule has 0 saturated heterocycles. The largest absolute Gasteiger partial charge is 0.431 e. The van der Waals surface area contributed by atoms with Crippen LogP contribution in [0.1, 0.15) is 12.8 Å². The van der Waals surface area contributed by atoms with Crippen molar-refractivity contribution in [3.63, 3.8) is 0 Å². The molecule has 0 unspecified atom stereocenters. The lowest BCUT2D eigenvalue weighted by Gasteiger charge is -2.21. The molecule has 0 aromatic heterocycles. The summed E-state index contributed by atoms with van der Waals surface area (Å²) in [5, 5.41) is 4.29. The highest BCUT2D eigenvalue weighted by molar-refractivity contribution is 6.25. The number of alkyl halides is 3. The average molecular weight is 384 g/mol. The summed E-state index contributed by atoms with van der Waals surface area (Å²) in [7, 11) is 0. The van der Waals surface area contributed by atoms with E-state index in [0.29, 0.717) is 12.8 Å². The van der Waals surface area contributed by atoms with E-state index in [0.717, 1.165) is 36.0 Å². The van der Waals surface area contributed by atoms with Gasteiger partial charge in [-0.25, -0.2) is 13.8 Å². The molecule has 1 heterocycles. The Balaban J connectivity index is 1.87. The second-order valence-corrected chi connectivity index (χ2v) is 5.79. The number of amidine groups is 1. The van der Waals surface area contributed by atoms with Crippen molar-refractivity contribution in [1.29, 1.82) is 0 Å². The molecule has 1 aromatic carbocycles. The Morgan fingerprint density at radius 2 is 1.93 bits per heavy atom. The molecule has 27 heavy (non-hydrogen) atoms. The van der Waals surface area contributed by atoms with E-state index in [1.165, 1.54) is 0 Å². The highest BCUT2D eigenvalue weighted by atomic mass is 19.4. The van der Waals surface area contributed by atoms with Gasteiger partial charge in [-0.2, -0.15) is 13.2 Å². The molecule has 4 N–H and O–H groups in total. The number of hydrogen-bond donors (Lipinski definition) is 3. The maximum absolute atomic E-state index is 13.3. The minimum absolute atomic E-state index is 0.0954. The van der Waals surface area contributed by atoms with E-state index < -0.39 is 29.4 Å². The van der Waals surface area contributed by atoms with Crippen LogP contribution in [-0.4, -0.2) is 17.9 Å². The average Bonchev–Trinajstić information content (AvgIpc) is 3.43. The molecule has 1 aliphatic carbocycles. The Morgan fingerprint density at radius 3 is 2.48 bits per heavy atom. The number of amides is 1. The number of aliphatic imine (C=N–C) groups is 1. The molecule has 3 rings (SSSR count). The number of rotatable bonds is 3. The molecule has 142 valence electrons. The van der Waals surface area contributed by atoms with E-state index in [4.69, 9.17) is 5.73 Å². The SMILES string of the molecule is NC=C(C(=O)Nc1ccc(F)c(F)c1)C1=NC(=C2CC2)C=C(C(F)(F)F)N1. The number of carbonyl (C=O) groups excluding carboxylic acids is 1.